The van der Waals surface area contributed by atoms with Crippen LogP contribution in [-0.4, -0.2) is 31.8 Å². The van der Waals surface area contributed by atoms with Crippen LogP contribution in [0.5, 0.6) is 0 Å². The summed E-state index contributed by atoms with van der Waals surface area (Å²) in [6, 6.07) is 0. The van der Waals surface area contributed by atoms with Crippen LogP contribution in [0.1, 0.15) is 13.3 Å². The molecule has 15 heavy (non-hydrogen) atoms. The predicted octanol–water partition coefficient (Wildman–Crippen LogP) is 0.617. The van der Waals surface area contributed by atoms with E-state index < -0.39 is 10.8 Å². The monoisotopic (exact) mass is 229 g/mol. The van der Waals surface area contributed by atoms with Crippen LogP contribution < -0.4 is 5.73 Å². The number of hydrogen-bond acceptors (Lipinski definition) is 3. The highest BCUT2D eigenvalue weighted by atomic mass is 32.2. The molecule has 0 bridgehead atoms. The minimum atomic E-state index is -0.725. The second-order valence-electron chi connectivity index (χ2n) is 3.81. The van der Waals surface area contributed by atoms with Gasteiger partial charge in [-0.05, 0) is 18.9 Å². The maximum absolute atomic E-state index is 11.6. The van der Waals surface area contributed by atoms with Crippen LogP contribution in [0.4, 0.5) is 0 Å². The van der Waals surface area contributed by atoms with Crippen molar-refractivity contribution >= 4 is 10.8 Å². The van der Waals surface area contributed by atoms with E-state index in [0.29, 0.717) is 12.5 Å². The molecule has 0 spiro atoms. The summed E-state index contributed by atoms with van der Waals surface area (Å²) in [4.78, 5) is 3.95. The average Bonchev–Trinajstić information content (AvgIpc) is 2.70. The van der Waals surface area contributed by atoms with Crippen LogP contribution in [0.25, 0.3) is 0 Å². The first-order valence-corrected chi connectivity index (χ1v) is 6.72. The van der Waals surface area contributed by atoms with Gasteiger partial charge in [0.2, 0.25) is 0 Å². The lowest BCUT2D eigenvalue weighted by Crippen LogP contribution is -2.19. The van der Waals surface area contributed by atoms with Crippen molar-refractivity contribution in [1.29, 1.82) is 0 Å². The maximum Gasteiger partial charge on any atom is 0.0945 e. The van der Waals surface area contributed by atoms with E-state index in [2.05, 4.69) is 4.98 Å². The van der Waals surface area contributed by atoms with E-state index in [1.807, 2.05) is 17.7 Å². The van der Waals surface area contributed by atoms with Crippen molar-refractivity contribution in [3.05, 3.63) is 18.7 Å². The molecule has 0 aliphatic heterocycles. The lowest BCUT2D eigenvalue weighted by molar-refractivity contribution is 0.630. The average molecular weight is 229 g/mol. The molecular formula is C10H19N3OS. The van der Waals surface area contributed by atoms with E-state index in [-0.39, 0.29) is 0 Å². The zero-order valence-electron chi connectivity index (χ0n) is 9.13. The zero-order chi connectivity index (χ0) is 11.1. The highest BCUT2D eigenvalue weighted by Crippen LogP contribution is 1.99. The fourth-order valence-electron chi connectivity index (χ4n) is 1.30. The van der Waals surface area contributed by atoms with Gasteiger partial charge in [-0.3, -0.25) is 4.21 Å². The number of nitrogens with two attached hydrogens (primary N) is 1. The Bertz CT molecular complexity index is 287. The van der Waals surface area contributed by atoms with Crippen molar-refractivity contribution in [2.24, 2.45) is 11.7 Å². The van der Waals surface area contributed by atoms with Gasteiger partial charge in [-0.15, -0.1) is 0 Å². The van der Waals surface area contributed by atoms with Crippen LogP contribution in [0.3, 0.4) is 0 Å². The summed E-state index contributed by atoms with van der Waals surface area (Å²) >= 11 is 0. The number of rotatable bonds is 7. The molecule has 0 saturated heterocycles. The first-order chi connectivity index (χ1) is 7.22. The summed E-state index contributed by atoms with van der Waals surface area (Å²) in [7, 11) is -0.725. The Morgan fingerprint density at radius 3 is 3.00 bits per heavy atom. The van der Waals surface area contributed by atoms with Crippen molar-refractivity contribution in [3.63, 3.8) is 0 Å². The number of hydrogen-bond donors (Lipinski definition) is 1. The van der Waals surface area contributed by atoms with Gasteiger partial charge in [0.05, 0.1) is 6.33 Å². The molecule has 5 heteroatoms. The van der Waals surface area contributed by atoms with Crippen LogP contribution in [0.15, 0.2) is 18.7 Å². The zero-order valence-corrected chi connectivity index (χ0v) is 9.95. The molecule has 86 valence electrons. The van der Waals surface area contributed by atoms with Crippen molar-refractivity contribution in [3.8, 4) is 0 Å². The lowest BCUT2D eigenvalue weighted by atomic mass is 10.2. The third-order valence-corrected chi connectivity index (χ3v) is 3.91. The fourth-order valence-corrected chi connectivity index (χ4v) is 2.68. The molecule has 1 aromatic rings. The molecule has 0 aliphatic rings. The highest BCUT2D eigenvalue weighted by molar-refractivity contribution is 7.84. The molecule has 0 aromatic carbocycles. The third kappa shape index (κ3) is 5.09. The van der Waals surface area contributed by atoms with E-state index in [4.69, 9.17) is 5.73 Å². The summed E-state index contributed by atoms with van der Waals surface area (Å²) in [5.41, 5.74) is 5.48. The maximum atomic E-state index is 11.6. The van der Waals surface area contributed by atoms with Crippen LogP contribution in [0, 0.1) is 5.92 Å². The van der Waals surface area contributed by atoms with E-state index in [1.54, 1.807) is 12.5 Å². The second-order valence-corrected chi connectivity index (χ2v) is 5.43. The van der Waals surface area contributed by atoms with Crippen molar-refractivity contribution in [2.45, 2.75) is 19.9 Å². The van der Waals surface area contributed by atoms with Gasteiger partial charge in [-0.1, -0.05) is 6.92 Å². The van der Waals surface area contributed by atoms with E-state index in [0.717, 1.165) is 24.5 Å². The summed E-state index contributed by atoms with van der Waals surface area (Å²) < 4.78 is 13.6. The molecule has 0 aliphatic carbocycles. The quantitative estimate of drug-likeness (QED) is 0.745. The second kappa shape index (κ2) is 6.74. The molecule has 2 unspecified atom stereocenters. The minimum absolute atomic E-state index is 0.360. The molecule has 1 heterocycles. The van der Waals surface area contributed by atoms with Crippen molar-refractivity contribution in [2.75, 3.05) is 18.1 Å². The van der Waals surface area contributed by atoms with Gasteiger partial charge in [0.15, 0.2) is 0 Å². The third-order valence-electron chi connectivity index (χ3n) is 2.22. The summed E-state index contributed by atoms with van der Waals surface area (Å²) in [5.74, 6) is 1.84. The molecule has 1 aromatic heterocycles. The Morgan fingerprint density at radius 1 is 1.60 bits per heavy atom. The van der Waals surface area contributed by atoms with Gasteiger partial charge in [0.1, 0.15) is 0 Å². The smallest absolute Gasteiger partial charge is 0.0945 e. The van der Waals surface area contributed by atoms with E-state index in [1.165, 1.54) is 0 Å². The molecule has 0 fully saturated rings. The number of imidazole rings is 1. The Kier molecular flexibility index (Phi) is 5.57. The van der Waals surface area contributed by atoms with Crippen molar-refractivity contribution < 1.29 is 4.21 Å². The van der Waals surface area contributed by atoms with Gasteiger partial charge >= 0.3 is 0 Å². The van der Waals surface area contributed by atoms with Gasteiger partial charge in [-0.2, -0.15) is 0 Å². The van der Waals surface area contributed by atoms with Gasteiger partial charge in [0.25, 0.3) is 0 Å². The van der Waals surface area contributed by atoms with E-state index >= 15 is 0 Å². The molecular weight excluding hydrogens is 210 g/mol. The Hall–Kier alpha value is -0.680. The van der Waals surface area contributed by atoms with Crippen LogP contribution in [-0.2, 0) is 17.3 Å². The molecule has 0 amide bonds. The van der Waals surface area contributed by atoms with E-state index in [9.17, 15) is 4.21 Å². The first kappa shape index (κ1) is 12.4. The topological polar surface area (TPSA) is 60.9 Å². The van der Waals surface area contributed by atoms with Gasteiger partial charge < -0.3 is 10.3 Å². The number of aryl methyl sites for hydroxylation is 1. The van der Waals surface area contributed by atoms with Gasteiger partial charge in [0, 0.05) is 41.2 Å². The lowest BCUT2D eigenvalue weighted by Gasteiger charge is -2.07. The SMILES string of the molecule is CC(CN)CS(=O)CCCn1ccnc1. The van der Waals surface area contributed by atoms with Crippen LogP contribution >= 0.6 is 0 Å². The molecule has 0 radical (unpaired) electrons. The molecule has 2 N–H and O–H groups in total. The number of aromatic nitrogens is 2. The predicted molar refractivity (Wildman–Crippen MR) is 62.9 cm³/mol. The Balaban J connectivity index is 2.12. The molecule has 0 saturated carbocycles. The summed E-state index contributed by atoms with van der Waals surface area (Å²) in [6.07, 6.45) is 6.39. The molecule has 2 atom stereocenters. The van der Waals surface area contributed by atoms with Gasteiger partial charge in [-0.25, -0.2) is 4.98 Å². The van der Waals surface area contributed by atoms with Crippen LogP contribution in [0.2, 0.25) is 0 Å². The highest BCUT2D eigenvalue weighted by Gasteiger charge is 2.05. The number of nitrogens with zero attached hydrogens (tertiary/aromatic N) is 2. The summed E-state index contributed by atoms with van der Waals surface area (Å²) in [6.45, 7) is 3.55. The Labute approximate surface area is 93.3 Å². The molecule has 1 rings (SSSR count). The minimum Gasteiger partial charge on any atom is -0.337 e. The Morgan fingerprint density at radius 2 is 2.40 bits per heavy atom. The largest absolute Gasteiger partial charge is 0.337 e. The fraction of sp³-hybridized carbons (Fsp3) is 0.700. The van der Waals surface area contributed by atoms with Crippen molar-refractivity contribution in [1.82, 2.24) is 9.55 Å². The summed E-state index contributed by atoms with van der Waals surface area (Å²) in [5, 5.41) is 0. The standard InChI is InChI=1S/C10H19N3OS/c1-10(7-11)8-15(14)6-2-4-13-5-3-12-9-13/h3,5,9-10H,2,4,6-8,11H2,1H3. The normalized spacial score (nSPS) is 15.1. The first-order valence-electron chi connectivity index (χ1n) is 5.23. The molecule has 4 nitrogen and oxygen atoms in total.